The first kappa shape index (κ1) is 19.1. The summed E-state index contributed by atoms with van der Waals surface area (Å²) in [6, 6.07) is 8.52. The number of hydrogen-bond donors (Lipinski definition) is 0. The predicted molar refractivity (Wildman–Crippen MR) is 96.2 cm³/mol. The van der Waals surface area contributed by atoms with Gasteiger partial charge < -0.3 is 4.57 Å². The van der Waals surface area contributed by atoms with Crippen LogP contribution in [0.15, 0.2) is 48.8 Å². The topological polar surface area (TPSA) is 17.8 Å². The van der Waals surface area contributed by atoms with Gasteiger partial charge in [-0.15, -0.1) is 0 Å². The second-order valence-electron chi connectivity index (χ2n) is 6.72. The molecule has 0 spiro atoms. The van der Waals surface area contributed by atoms with E-state index < -0.39 is 17.6 Å². The van der Waals surface area contributed by atoms with Crippen molar-refractivity contribution in [2.24, 2.45) is 0 Å². The number of hydrogen-bond acceptors (Lipinski definition) is 1. The monoisotopic (exact) mass is 376 g/mol. The van der Waals surface area contributed by atoms with Gasteiger partial charge in [-0.25, -0.2) is 9.37 Å². The van der Waals surface area contributed by atoms with Crippen molar-refractivity contribution in [2.45, 2.75) is 39.4 Å². The summed E-state index contributed by atoms with van der Waals surface area (Å²) in [5.74, 6) is -0.161. The average Bonchev–Trinajstić information content (AvgIpc) is 3.04. The van der Waals surface area contributed by atoms with E-state index >= 15 is 0 Å². The summed E-state index contributed by atoms with van der Waals surface area (Å²) in [4.78, 5) is 4.36. The molecule has 0 aliphatic rings. The lowest BCUT2D eigenvalue weighted by Gasteiger charge is -2.19. The Labute approximate surface area is 155 Å². The minimum Gasteiger partial charge on any atom is -0.330 e. The zero-order valence-corrected chi connectivity index (χ0v) is 15.3. The molecule has 3 rings (SSSR count). The first-order valence-corrected chi connectivity index (χ1v) is 8.61. The zero-order chi connectivity index (χ0) is 19.8. The summed E-state index contributed by atoms with van der Waals surface area (Å²) >= 11 is 0. The van der Waals surface area contributed by atoms with Gasteiger partial charge in [0.25, 0.3) is 0 Å². The van der Waals surface area contributed by atoms with E-state index in [1.807, 2.05) is 39.0 Å². The van der Waals surface area contributed by atoms with Crippen molar-refractivity contribution in [3.8, 4) is 0 Å². The van der Waals surface area contributed by atoms with Crippen molar-refractivity contribution in [1.29, 1.82) is 0 Å². The van der Waals surface area contributed by atoms with E-state index in [1.165, 1.54) is 0 Å². The van der Waals surface area contributed by atoms with Crippen LogP contribution in [0.25, 0.3) is 0 Å². The predicted octanol–water partition coefficient (Wildman–Crippen LogP) is 5.86. The van der Waals surface area contributed by atoms with Crippen LogP contribution in [0.3, 0.4) is 0 Å². The molecule has 0 bridgehead atoms. The van der Waals surface area contributed by atoms with Gasteiger partial charge in [-0.3, -0.25) is 0 Å². The van der Waals surface area contributed by atoms with E-state index in [1.54, 1.807) is 17.0 Å². The number of halogens is 4. The molecule has 0 amide bonds. The molecule has 0 radical (unpaired) electrons. The maximum absolute atomic E-state index is 13.6. The second-order valence-corrected chi connectivity index (χ2v) is 6.72. The van der Waals surface area contributed by atoms with Gasteiger partial charge in [-0.1, -0.05) is 25.1 Å². The minimum absolute atomic E-state index is 0.100. The number of aryl methyl sites for hydroxylation is 1. The van der Waals surface area contributed by atoms with Crippen LogP contribution in [-0.4, -0.2) is 9.55 Å². The lowest BCUT2D eigenvalue weighted by atomic mass is 9.93. The van der Waals surface area contributed by atoms with E-state index in [-0.39, 0.29) is 18.0 Å². The fourth-order valence-corrected chi connectivity index (χ4v) is 3.37. The maximum atomic E-state index is 13.6. The van der Waals surface area contributed by atoms with Crippen LogP contribution in [-0.2, 0) is 12.7 Å². The molecule has 6 heteroatoms. The Kier molecular flexibility index (Phi) is 5.09. The van der Waals surface area contributed by atoms with Crippen molar-refractivity contribution in [1.82, 2.24) is 9.55 Å². The Balaban J connectivity index is 2.00. The normalized spacial score (nSPS) is 13.0. The van der Waals surface area contributed by atoms with Gasteiger partial charge in [0.2, 0.25) is 0 Å². The number of nitrogens with zero attached hydrogens (tertiary/aromatic N) is 2. The number of imidazole rings is 1. The van der Waals surface area contributed by atoms with Crippen molar-refractivity contribution in [3.05, 3.63) is 88.3 Å². The van der Waals surface area contributed by atoms with Gasteiger partial charge in [-0.2, -0.15) is 13.2 Å². The fraction of sp³-hybridized carbons (Fsp3) is 0.286. The van der Waals surface area contributed by atoms with Gasteiger partial charge >= 0.3 is 6.18 Å². The highest BCUT2D eigenvalue weighted by atomic mass is 19.4. The molecule has 0 aliphatic carbocycles. The molecular formula is C21H20F4N2. The summed E-state index contributed by atoms with van der Waals surface area (Å²) in [6.45, 7) is 5.90. The van der Waals surface area contributed by atoms with Gasteiger partial charge in [0, 0.05) is 24.9 Å². The highest BCUT2D eigenvalue weighted by Crippen LogP contribution is 2.34. The van der Waals surface area contributed by atoms with Crippen molar-refractivity contribution in [3.63, 3.8) is 0 Å². The summed E-state index contributed by atoms with van der Waals surface area (Å²) in [6.07, 6.45) is -1.35. The zero-order valence-electron chi connectivity index (χ0n) is 15.3. The molecule has 3 aromatic rings. The standard InChI is InChI=1S/C21H20F4N2/c1-13-5-4-6-18(14(13)2)15(3)20-26-9-10-27(20)12-16-11-17(22)7-8-19(16)21(23,24)25/h4-11,15H,12H2,1-3H3/t15-/m0/s1. The Hall–Kier alpha value is -2.63. The Morgan fingerprint density at radius 2 is 1.85 bits per heavy atom. The van der Waals surface area contributed by atoms with Crippen LogP contribution < -0.4 is 0 Å². The summed E-state index contributed by atoms with van der Waals surface area (Å²) < 4.78 is 55.1. The third-order valence-corrected chi connectivity index (χ3v) is 4.96. The third-order valence-electron chi connectivity index (χ3n) is 4.96. The number of rotatable bonds is 4. The van der Waals surface area contributed by atoms with Crippen molar-refractivity contribution in [2.75, 3.05) is 0 Å². The molecule has 1 heterocycles. The van der Waals surface area contributed by atoms with Crippen LogP contribution in [0, 0.1) is 19.7 Å². The van der Waals surface area contributed by atoms with Gasteiger partial charge in [0.05, 0.1) is 5.56 Å². The van der Waals surface area contributed by atoms with E-state index in [0.717, 1.165) is 34.9 Å². The number of aromatic nitrogens is 2. The summed E-state index contributed by atoms with van der Waals surface area (Å²) in [5, 5.41) is 0. The van der Waals surface area contributed by atoms with Crippen LogP contribution in [0.5, 0.6) is 0 Å². The summed E-state index contributed by atoms with van der Waals surface area (Å²) in [5.41, 5.74) is 2.39. The fourth-order valence-electron chi connectivity index (χ4n) is 3.37. The molecule has 2 nitrogen and oxygen atoms in total. The first-order valence-electron chi connectivity index (χ1n) is 8.61. The molecule has 0 N–H and O–H groups in total. The molecule has 142 valence electrons. The van der Waals surface area contributed by atoms with Crippen LogP contribution in [0.4, 0.5) is 17.6 Å². The molecule has 1 atom stereocenters. The van der Waals surface area contributed by atoms with Crippen molar-refractivity contribution >= 4 is 0 Å². The van der Waals surface area contributed by atoms with Crippen LogP contribution >= 0.6 is 0 Å². The number of alkyl halides is 3. The van der Waals surface area contributed by atoms with E-state index in [0.29, 0.717) is 5.82 Å². The van der Waals surface area contributed by atoms with E-state index in [4.69, 9.17) is 0 Å². The largest absolute Gasteiger partial charge is 0.416 e. The smallest absolute Gasteiger partial charge is 0.330 e. The molecule has 0 fully saturated rings. The molecule has 0 unspecified atom stereocenters. The molecule has 0 saturated heterocycles. The third kappa shape index (κ3) is 3.89. The quantitative estimate of drug-likeness (QED) is 0.522. The molecule has 0 saturated carbocycles. The van der Waals surface area contributed by atoms with E-state index in [2.05, 4.69) is 4.98 Å². The molecule has 2 aromatic carbocycles. The molecule has 0 aliphatic heterocycles. The highest BCUT2D eigenvalue weighted by Gasteiger charge is 2.33. The van der Waals surface area contributed by atoms with Crippen LogP contribution in [0.2, 0.25) is 0 Å². The minimum atomic E-state index is -4.54. The highest BCUT2D eigenvalue weighted by molar-refractivity contribution is 5.38. The van der Waals surface area contributed by atoms with Crippen LogP contribution in [0.1, 0.15) is 46.5 Å². The molecular weight excluding hydrogens is 356 g/mol. The van der Waals surface area contributed by atoms with Crippen molar-refractivity contribution < 1.29 is 17.6 Å². The Morgan fingerprint density at radius 3 is 2.56 bits per heavy atom. The lowest BCUT2D eigenvalue weighted by molar-refractivity contribution is -0.138. The lowest BCUT2D eigenvalue weighted by Crippen LogP contribution is -2.15. The average molecular weight is 376 g/mol. The van der Waals surface area contributed by atoms with Gasteiger partial charge in [0.1, 0.15) is 11.6 Å². The van der Waals surface area contributed by atoms with Gasteiger partial charge in [-0.05, 0) is 54.3 Å². The Bertz CT molecular complexity index is 957. The maximum Gasteiger partial charge on any atom is 0.416 e. The van der Waals surface area contributed by atoms with E-state index in [9.17, 15) is 17.6 Å². The molecule has 27 heavy (non-hydrogen) atoms. The first-order chi connectivity index (χ1) is 12.7. The van der Waals surface area contributed by atoms with Gasteiger partial charge in [0.15, 0.2) is 0 Å². The second kappa shape index (κ2) is 7.18. The Morgan fingerprint density at radius 1 is 1.11 bits per heavy atom. The SMILES string of the molecule is Cc1cccc([C@H](C)c2nccn2Cc2cc(F)ccc2C(F)(F)F)c1C. The number of benzene rings is 2. The molecule has 1 aromatic heterocycles. The summed E-state index contributed by atoms with van der Waals surface area (Å²) in [7, 11) is 0.